The quantitative estimate of drug-likeness (QED) is 0.325. The zero-order valence-electron chi connectivity index (χ0n) is 18.7. The lowest BCUT2D eigenvalue weighted by atomic mass is 10.1. The molecule has 170 valence electrons. The number of aryl methyl sites for hydroxylation is 1. The molecular formula is C27H22ClN3O2S. The molecule has 2 heterocycles. The Morgan fingerprint density at radius 1 is 1.12 bits per heavy atom. The highest BCUT2D eigenvalue weighted by Gasteiger charge is 2.25. The fraction of sp³-hybridized carbons (Fsp3) is 0.111. The summed E-state index contributed by atoms with van der Waals surface area (Å²) < 4.78 is 7.58. The number of carbonyl (C=O) groups is 1. The first-order chi connectivity index (χ1) is 16.5. The SMILES string of the molecule is COc1ccc(Cl)cc1N=C1NC(=O)/C(=C/c2cn(Cc3cccc(C)c3)c3ccccc23)S1. The van der Waals surface area contributed by atoms with Crippen molar-refractivity contribution in [1.29, 1.82) is 0 Å². The summed E-state index contributed by atoms with van der Waals surface area (Å²) in [7, 11) is 1.57. The van der Waals surface area contributed by atoms with Gasteiger partial charge in [0.1, 0.15) is 11.4 Å². The number of rotatable bonds is 5. The van der Waals surface area contributed by atoms with Crippen LogP contribution >= 0.6 is 23.4 Å². The van der Waals surface area contributed by atoms with Crippen LogP contribution in [0.15, 0.2) is 82.8 Å². The van der Waals surface area contributed by atoms with E-state index in [0.717, 1.165) is 23.0 Å². The second kappa shape index (κ2) is 9.41. The van der Waals surface area contributed by atoms with Gasteiger partial charge in [0.25, 0.3) is 5.91 Å². The van der Waals surface area contributed by atoms with E-state index < -0.39 is 0 Å². The third-order valence-electron chi connectivity index (χ3n) is 5.56. The average Bonchev–Trinajstić information content (AvgIpc) is 3.34. The van der Waals surface area contributed by atoms with Gasteiger partial charge in [0.2, 0.25) is 0 Å². The van der Waals surface area contributed by atoms with Crippen molar-refractivity contribution in [2.24, 2.45) is 4.99 Å². The van der Waals surface area contributed by atoms with Crippen molar-refractivity contribution in [3.05, 3.63) is 99.5 Å². The maximum atomic E-state index is 12.7. The largest absolute Gasteiger partial charge is 0.494 e. The van der Waals surface area contributed by atoms with Crippen molar-refractivity contribution in [1.82, 2.24) is 9.88 Å². The van der Waals surface area contributed by atoms with Gasteiger partial charge >= 0.3 is 0 Å². The molecule has 5 nitrogen and oxygen atoms in total. The summed E-state index contributed by atoms with van der Waals surface area (Å²) in [6, 6.07) is 21.9. The molecule has 1 aliphatic rings. The number of hydrogen-bond acceptors (Lipinski definition) is 4. The molecule has 1 fully saturated rings. The Labute approximate surface area is 207 Å². The van der Waals surface area contributed by atoms with Crippen molar-refractivity contribution in [2.75, 3.05) is 7.11 Å². The number of fused-ring (bicyclic) bond motifs is 1. The van der Waals surface area contributed by atoms with Crippen molar-refractivity contribution < 1.29 is 9.53 Å². The van der Waals surface area contributed by atoms with Crippen LogP contribution in [-0.2, 0) is 11.3 Å². The highest BCUT2D eigenvalue weighted by Crippen LogP contribution is 2.35. The van der Waals surface area contributed by atoms with E-state index in [1.165, 1.54) is 22.9 Å². The molecule has 1 saturated heterocycles. The molecule has 0 spiro atoms. The molecule has 5 rings (SSSR count). The number of aliphatic imine (C=N–C) groups is 1. The molecule has 4 aromatic rings. The molecule has 0 atom stereocenters. The van der Waals surface area contributed by atoms with E-state index in [9.17, 15) is 4.79 Å². The first kappa shape index (κ1) is 22.3. The van der Waals surface area contributed by atoms with E-state index in [0.29, 0.717) is 26.5 Å². The van der Waals surface area contributed by atoms with Crippen LogP contribution in [0.4, 0.5) is 5.69 Å². The van der Waals surface area contributed by atoms with Crippen LogP contribution in [0.5, 0.6) is 5.75 Å². The van der Waals surface area contributed by atoms with Gasteiger partial charge in [-0.25, -0.2) is 4.99 Å². The number of halogens is 1. The van der Waals surface area contributed by atoms with Gasteiger partial charge < -0.3 is 14.6 Å². The fourth-order valence-corrected chi connectivity index (χ4v) is 5.00. The van der Waals surface area contributed by atoms with Crippen LogP contribution in [0.3, 0.4) is 0 Å². The van der Waals surface area contributed by atoms with Crippen LogP contribution < -0.4 is 10.1 Å². The molecule has 0 unspecified atom stereocenters. The Morgan fingerprint density at radius 3 is 2.79 bits per heavy atom. The number of ether oxygens (including phenoxy) is 1. The van der Waals surface area contributed by atoms with Crippen molar-refractivity contribution in [2.45, 2.75) is 13.5 Å². The fourth-order valence-electron chi connectivity index (χ4n) is 4.01. The Balaban J connectivity index is 1.48. The van der Waals surface area contributed by atoms with Gasteiger partial charge in [-0.3, -0.25) is 4.79 Å². The normalized spacial score (nSPS) is 15.9. The van der Waals surface area contributed by atoms with E-state index in [-0.39, 0.29) is 5.91 Å². The minimum atomic E-state index is -0.180. The third-order valence-corrected chi connectivity index (χ3v) is 6.70. The minimum Gasteiger partial charge on any atom is -0.494 e. The van der Waals surface area contributed by atoms with E-state index in [1.807, 2.05) is 18.2 Å². The zero-order chi connectivity index (χ0) is 23.7. The van der Waals surface area contributed by atoms with Crippen molar-refractivity contribution in [3.8, 4) is 5.75 Å². The number of thioether (sulfide) groups is 1. The first-order valence-electron chi connectivity index (χ1n) is 10.8. The second-order valence-electron chi connectivity index (χ2n) is 8.02. The van der Waals surface area contributed by atoms with Gasteiger partial charge in [-0.1, -0.05) is 59.6 Å². The Morgan fingerprint density at radius 2 is 1.97 bits per heavy atom. The monoisotopic (exact) mass is 487 g/mol. The van der Waals surface area contributed by atoms with E-state index in [1.54, 1.807) is 25.3 Å². The first-order valence-corrected chi connectivity index (χ1v) is 12.0. The van der Waals surface area contributed by atoms with Gasteiger partial charge in [0, 0.05) is 34.2 Å². The standard InChI is InChI=1S/C27H22ClN3O2S/c1-17-6-5-7-18(12-17)15-31-16-19(21-8-3-4-9-23(21)31)13-25-26(32)30-27(34-25)29-22-14-20(28)10-11-24(22)33-2/h3-14,16H,15H2,1-2H3,(H,29,30,32)/b25-13-. The number of amidine groups is 1. The molecule has 1 aliphatic heterocycles. The molecule has 1 amide bonds. The summed E-state index contributed by atoms with van der Waals surface area (Å²) >= 11 is 7.42. The summed E-state index contributed by atoms with van der Waals surface area (Å²) in [5, 5.41) is 4.97. The summed E-state index contributed by atoms with van der Waals surface area (Å²) in [5.41, 5.74) is 5.14. The maximum absolute atomic E-state index is 12.7. The minimum absolute atomic E-state index is 0.180. The molecule has 34 heavy (non-hydrogen) atoms. The van der Waals surface area contributed by atoms with E-state index in [2.05, 4.69) is 64.4 Å². The summed E-state index contributed by atoms with van der Waals surface area (Å²) in [4.78, 5) is 17.9. The third kappa shape index (κ3) is 4.60. The molecule has 0 aliphatic carbocycles. The molecule has 1 N–H and O–H groups in total. The van der Waals surface area contributed by atoms with Gasteiger partial charge in [0.05, 0.1) is 12.0 Å². The molecule has 1 aromatic heterocycles. The van der Waals surface area contributed by atoms with Crippen LogP contribution in [-0.4, -0.2) is 22.8 Å². The lowest BCUT2D eigenvalue weighted by Crippen LogP contribution is -2.19. The number of nitrogens with one attached hydrogen (secondary N) is 1. The van der Waals surface area contributed by atoms with Crippen molar-refractivity contribution >= 4 is 57.1 Å². The van der Waals surface area contributed by atoms with Gasteiger partial charge in [-0.05, 0) is 54.6 Å². The lowest BCUT2D eigenvalue weighted by Gasteiger charge is -2.06. The van der Waals surface area contributed by atoms with Crippen molar-refractivity contribution in [3.63, 3.8) is 0 Å². The predicted octanol–water partition coefficient (Wildman–Crippen LogP) is 6.55. The van der Waals surface area contributed by atoms with E-state index in [4.69, 9.17) is 16.3 Å². The number of methoxy groups -OCH3 is 1. The summed E-state index contributed by atoms with van der Waals surface area (Å²) in [6.45, 7) is 2.85. The molecule has 7 heteroatoms. The Kier molecular flexibility index (Phi) is 6.18. The smallest absolute Gasteiger partial charge is 0.264 e. The molecular weight excluding hydrogens is 466 g/mol. The number of nitrogens with zero attached hydrogens (tertiary/aromatic N) is 2. The molecule has 0 saturated carbocycles. The molecule has 3 aromatic carbocycles. The zero-order valence-corrected chi connectivity index (χ0v) is 20.3. The number of benzene rings is 3. The highest BCUT2D eigenvalue weighted by atomic mass is 35.5. The maximum Gasteiger partial charge on any atom is 0.264 e. The lowest BCUT2D eigenvalue weighted by molar-refractivity contribution is -0.115. The van der Waals surface area contributed by atoms with Crippen LogP contribution in [0.1, 0.15) is 16.7 Å². The number of amides is 1. The number of hydrogen-bond donors (Lipinski definition) is 1. The van der Waals surface area contributed by atoms with Gasteiger partial charge in [-0.15, -0.1) is 0 Å². The Hall–Kier alpha value is -3.48. The second-order valence-corrected chi connectivity index (χ2v) is 9.48. The van der Waals surface area contributed by atoms with Crippen LogP contribution in [0.25, 0.3) is 17.0 Å². The molecule has 0 bridgehead atoms. The average molecular weight is 488 g/mol. The van der Waals surface area contributed by atoms with Crippen LogP contribution in [0, 0.1) is 6.92 Å². The van der Waals surface area contributed by atoms with Gasteiger partial charge in [-0.2, -0.15) is 0 Å². The highest BCUT2D eigenvalue weighted by molar-refractivity contribution is 8.18. The topological polar surface area (TPSA) is 55.6 Å². The summed E-state index contributed by atoms with van der Waals surface area (Å²) in [5.74, 6) is 0.406. The Bertz CT molecular complexity index is 1470. The molecule has 0 radical (unpaired) electrons. The predicted molar refractivity (Wildman–Crippen MR) is 141 cm³/mol. The van der Waals surface area contributed by atoms with Gasteiger partial charge in [0.15, 0.2) is 5.17 Å². The van der Waals surface area contributed by atoms with Crippen LogP contribution in [0.2, 0.25) is 5.02 Å². The summed E-state index contributed by atoms with van der Waals surface area (Å²) in [6.07, 6.45) is 4.02. The number of para-hydroxylation sites is 1. The number of carbonyl (C=O) groups excluding carboxylic acids is 1. The van der Waals surface area contributed by atoms with E-state index >= 15 is 0 Å². The number of aromatic nitrogens is 1.